The van der Waals surface area contributed by atoms with Gasteiger partial charge in [0.15, 0.2) is 11.0 Å². The van der Waals surface area contributed by atoms with Crippen molar-refractivity contribution in [3.8, 4) is 11.3 Å². The molecule has 0 amide bonds. The van der Waals surface area contributed by atoms with E-state index >= 15 is 0 Å². The minimum Gasteiger partial charge on any atom is -0.457 e. The molecule has 34 heavy (non-hydrogen) atoms. The van der Waals surface area contributed by atoms with Gasteiger partial charge in [-0.15, -0.1) is 12.4 Å². The third-order valence-electron chi connectivity index (χ3n) is 7.19. The number of carbonyl (C=O) groups excluding carboxylic acids is 1. The molecule has 0 unspecified atom stereocenters. The summed E-state index contributed by atoms with van der Waals surface area (Å²) in [6.07, 6.45) is 7.80. The van der Waals surface area contributed by atoms with E-state index in [1.54, 1.807) is 25.1 Å². The van der Waals surface area contributed by atoms with Crippen LogP contribution in [0, 0.1) is 6.92 Å². The fourth-order valence-electron chi connectivity index (χ4n) is 5.42. The molecule has 2 heterocycles. The van der Waals surface area contributed by atoms with Crippen LogP contribution in [0.5, 0.6) is 0 Å². The van der Waals surface area contributed by atoms with Gasteiger partial charge in [-0.05, 0) is 64.3 Å². The molecule has 0 N–H and O–H groups in total. The van der Waals surface area contributed by atoms with E-state index < -0.39 is 5.97 Å². The Labute approximate surface area is 206 Å². The summed E-state index contributed by atoms with van der Waals surface area (Å²) in [5.41, 5.74) is 1.87. The van der Waals surface area contributed by atoms with Gasteiger partial charge >= 0.3 is 5.97 Å². The van der Waals surface area contributed by atoms with Crippen LogP contribution >= 0.6 is 12.4 Å². The van der Waals surface area contributed by atoms with E-state index in [-0.39, 0.29) is 30.0 Å². The van der Waals surface area contributed by atoms with Crippen molar-refractivity contribution in [1.29, 1.82) is 0 Å². The number of nitrogens with zero attached hydrogens (tertiary/aromatic N) is 1. The van der Waals surface area contributed by atoms with Gasteiger partial charge in [0.05, 0.1) is 5.39 Å². The van der Waals surface area contributed by atoms with Crippen molar-refractivity contribution in [1.82, 2.24) is 4.90 Å². The average molecular weight is 482 g/mol. The number of hydrogen-bond donors (Lipinski definition) is 0. The van der Waals surface area contributed by atoms with Gasteiger partial charge in [0.1, 0.15) is 17.4 Å². The zero-order chi connectivity index (χ0) is 22.8. The zero-order valence-electron chi connectivity index (χ0n) is 19.6. The monoisotopic (exact) mass is 481 g/mol. The summed E-state index contributed by atoms with van der Waals surface area (Å²) in [5, 5.41) is 0.415. The van der Waals surface area contributed by atoms with Crippen molar-refractivity contribution in [3.63, 3.8) is 0 Å². The lowest BCUT2D eigenvalue weighted by atomic mass is 9.90. The summed E-state index contributed by atoms with van der Waals surface area (Å²) in [6.45, 7) is 3.94. The van der Waals surface area contributed by atoms with Gasteiger partial charge in [0.2, 0.25) is 0 Å². The van der Waals surface area contributed by atoms with Crippen molar-refractivity contribution in [2.24, 2.45) is 0 Å². The molecular formula is C28H32ClNO4. The molecule has 1 aliphatic heterocycles. The second-order valence-electron chi connectivity index (χ2n) is 9.33. The highest BCUT2D eigenvalue weighted by atomic mass is 35.5. The van der Waals surface area contributed by atoms with Crippen molar-refractivity contribution >= 4 is 29.3 Å². The lowest BCUT2D eigenvalue weighted by Crippen LogP contribution is -2.49. The van der Waals surface area contributed by atoms with Crippen LogP contribution in [0.2, 0.25) is 0 Å². The average Bonchev–Trinajstić information content (AvgIpc) is 2.87. The molecular weight excluding hydrogens is 450 g/mol. The van der Waals surface area contributed by atoms with Gasteiger partial charge in [0.25, 0.3) is 0 Å². The Bertz CT molecular complexity index is 1200. The number of likely N-dealkylation sites (tertiary alicyclic amines) is 1. The Morgan fingerprint density at radius 1 is 0.941 bits per heavy atom. The summed E-state index contributed by atoms with van der Waals surface area (Å²) >= 11 is 0. The van der Waals surface area contributed by atoms with Crippen molar-refractivity contribution in [3.05, 3.63) is 69.9 Å². The van der Waals surface area contributed by atoms with Crippen LogP contribution < -0.4 is 5.43 Å². The van der Waals surface area contributed by atoms with Gasteiger partial charge in [-0.3, -0.25) is 9.69 Å². The first-order valence-electron chi connectivity index (χ1n) is 12.2. The summed E-state index contributed by atoms with van der Waals surface area (Å²) in [7, 11) is 0. The Morgan fingerprint density at radius 3 is 2.44 bits per heavy atom. The van der Waals surface area contributed by atoms with Crippen LogP contribution in [0.4, 0.5) is 0 Å². The maximum atomic E-state index is 13.4. The lowest BCUT2D eigenvalue weighted by molar-refractivity contribution is -0.0217. The maximum Gasteiger partial charge on any atom is 0.342 e. The molecule has 2 aliphatic rings. The van der Waals surface area contributed by atoms with Gasteiger partial charge < -0.3 is 9.15 Å². The molecule has 5 rings (SSSR count). The molecule has 5 nitrogen and oxygen atoms in total. The highest BCUT2D eigenvalue weighted by Crippen LogP contribution is 2.31. The zero-order valence-corrected chi connectivity index (χ0v) is 20.4. The smallest absolute Gasteiger partial charge is 0.342 e. The van der Waals surface area contributed by atoms with Crippen LogP contribution in [0.15, 0.2) is 57.7 Å². The summed E-state index contributed by atoms with van der Waals surface area (Å²) in [6, 6.07) is 15.0. The van der Waals surface area contributed by atoms with Crippen LogP contribution in [0.25, 0.3) is 22.3 Å². The topological polar surface area (TPSA) is 59.8 Å². The predicted molar refractivity (Wildman–Crippen MR) is 137 cm³/mol. The van der Waals surface area contributed by atoms with Gasteiger partial charge in [-0.25, -0.2) is 4.79 Å². The molecule has 2 fully saturated rings. The van der Waals surface area contributed by atoms with Crippen LogP contribution in [-0.4, -0.2) is 36.1 Å². The first kappa shape index (κ1) is 24.5. The number of carbonyl (C=O) groups is 1. The maximum absolute atomic E-state index is 13.4. The number of fused-ring (bicyclic) bond motifs is 1. The van der Waals surface area contributed by atoms with Crippen molar-refractivity contribution < 1.29 is 13.9 Å². The Balaban J connectivity index is 0.00000274. The number of rotatable bonds is 4. The first-order chi connectivity index (χ1) is 16.1. The van der Waals surface area contributed by atoms with Crippen LogP contribution in [0.3, 0.4) is 0 Å². The van der Waals surface area contributed by atoms with E-state index in [1.807, 2.05) is 30.3 Å². The molecule has 0 bridgehead atoms. The molecule has 6 heteroatoms. The standard InChI is InChI=1S/C28H31NO4.ClH/c1-19-25(30)21-13-10-14-22(27(21)33-26(19)20-11-4-2-5-12-20)28(31)32-24-16-7-6-15-23(24)29-17-8-3-9-18-29;/h2,4-5,10-14,23-24H,3,6-9,15-18H2,1H3;1H/t23-,24-;/m1./s1. The van der Waals surface area contributed by atoms with Crippen molar-refractivity contribution in [2.45, 2.75) is 64.0 Å². The van der Waals surface area contributed by atoms with Crippen molar-refractivity contribution in [2.75, 3.05) is 13.1 Å². The highest BCUT2D eigenvalue weighted by Gasteiger charge is 2.34. The van der Waals surface area contributed by atoms with Gasteiger partial charge in [0, 0.05) is 17.2 Å². The van der Waals surface area contributed by atoms with E-state index in [9.17, 15) is 9.59 Å². The highest BCUT2D eigenvalue weighted by molar-refractivity contribution is 6.02. The number of piperidine rings is 1. The molecule has 3 aromatic rings. The molecule has 2 atom stereocenters. The minimum absolute atomic E-state index is 0. The third-order valence-corrected chi connectivity index (χ3v) is 7.19. The SMILES string of the molecule is Cc1c(-c2ccccc2)oc2c(C(=O)O[C@@H]3CCCC[C@H]3N3CCCCC3)cccc2c1=O.Cl. The molecule has 0 radical (unpaired) electrons. The van der Waals surface area contributed by atoms with E-state index in [0.29, 0.717) is 27.9 Å². The Hall–Kier alpha value is -2.63. The normalized spacial score (nSPS) is 21.1. The van der Waals surface area contributed by atoms with Gasteiger partial charge in [-0.2, -0.15) is 0 Å². The van der Waals surface area contributed by atoms with E-state index in [2.05, 4.69) is 4.90 Å². The van der Waals surface area contributed by atoms with E-state index in [0.717, 1.165) is 37.9 Å². The fraction of sp³-hybridized carbons (Fsp3) is 0.429. The quantitative estimate of drug-likeness (QED) is 0.418. The third kappa shape index (κ3) is 4.77. The summed E-state index contributed by atoms with van der Waals surface area (Å²) in [4.78, 5) is 29.0. The molecule has 1 saturated carbocycles. The van der Waals surface area contributed by atoms with E-state index in [4.69, 9.17) is 9.15 Å². The number of benzene rings is 2. The van der Waals surface area contributed by atoms with Gasteiger partial charge in [-0.1, -0.05) is 49.2 Å². The molecule has 1 saturated heterocycles. The minimum atomic E-state index is -0.402. The lowest BCUT2D eigenvalue weighted by Gasteiger charge is -2.41. The second kappa shape index (κ2) is 10.7. The van der Waals surface area contributed by atoms with Crippen LogP contribution in [0.1, 0.15) is 60.9 Å². The first-order valence-corrected chi connectivity index (χ1v) is 12.2. The summed E-state index contributed by atoms with van der Waals surface area (Å²) in [5.74, 6) is 0.0951. The molecule has 1 aliphatic carbocycles. The predicted octanol–water partition coefficient (Wildman–Crippen LogP) is 6.14. The number of para-hydroxylation sites is 1. The number of esters is 1. The Kier molecular flexibility index (Phi) is 7.74. The largest absolute Gasteiger partial charge is 0.457 e. The van der Waals surface area contributed by atoms with Crippen LogP contribution in [-0.2, 0) is 4.74 Å². The number of hydrogen-bond acceptors (Lipinski definition) is 5. The molecule has 2 aromatic carbocycles. The van der Waals surface area contributed by atoms with E-state index in [1.165, 1.54) is 25.7 Å². The number of ether oxygens (including phenoxy) is 1. The Morgan fingerprint density at radius 2 is 1.68 bits per heavy atom. The summed E-state index contributed by atoms with van der Waals surface area (Å²) < 4.78 is 12.4. The second-order valence-corrected chi connectivity index (χ2v) is 9.33. The molecule has 1 aromatic heterocycles. The fourth-order valence-corrected chi connectivity index (χ4v) is 5.42. The number of halogens is 1. The molecule has 0 spiro atoms. The molecule has 180 valence electrons.